The molecule has 4 aromatic rings. The number of hydrogen-bond acceptors (Lipinski definition) is 5. The van der Waals surface area contributed by atoms with E-state index in [2.05, 4.69) is 25.0 Å². The normalized spacial score (nSPS) is 17.1. The van der Waals surface area contributed by atoms with E-state index in [1.165, 1.54) is 22.8 Å². The minimum absolute atomic E-state index is 0.00147. The molecule has 0 fully saturated rings. The number of imidazole rings is 1. The molecule has 0 saturated heterocycles. The van der Waals surface area contributed by atoms with Crippen molar-refractivity contribution in [2.45, 2.75) is 18.6 Å². The predicted octanol–water partition coefficient (Wildman–Crippen LogP) is 3.02. The molecule has 0 spiro atoms. The smallest absolute Gasteiger partial charge is 0.348 e. The van der Waals surface area contributed by atoms with Gasteiger partial charge in [-0.15, -0.1) is 0 Å². The lowest BCUT2D eigenvalue weighted by Gasteiger charge is -2.33. The summed E-state index contributed by atoms with van der Waals surface area (Å²) in [5, 5.41) is 4.43. The van der Waals surface area contributed by atoms with E-state index in [1.807, 2.05) is 4.90 Å². The molecule has 0 radical (unpaired) electrons. The minimum atomic E-state index is -4.47. The number of hydrogen-bond donors (Lipinski definition) is 1. The van der Waals surface area contributed by atoms with Gasteiger partial charge in [0.15, 0.2) is 0 Å². The highest BCUT2D eigenvalue weighted by Gasteiger charge is 2.37. The van der Waals surface area contributed by atoms with Crippen LogP contribution in [0.3, 0.4) is 0 Å². The second-order valence-electron chi connectivity index (χ2n) is 6.48. The van der Waals surface area contributed by atoms with Gasteiger partial charge in [0.25, 0.3) is 0 Å². The number of H-pyrrole nitrogens is 1. The summed E-state index contributed by atoms with van der Waals surface area (Å²) in [5.41, 5.74) is 1.38. The molecule has 0 amide bonds. The molecule has 4 aromatic heterocycles. The molecule has 1 N–H and O–H groups in total. The lowest BCUT2D eigenvalue weighted by atomic mass is 10.00. The van der Waals surface area contributed by atoms with Crippen molar-refractivity contribution >= 4 is 11.5 Å². The summed E-state index contributed by atoms with van der Waals surface area (Å²) >= 11 is 0. The fourth-order valence-electron chi connectivity index (χ4n) is 3.64. The molecule has 0 aliphatic carbocycles. The van der Waals surface area contributed by atoms with E-state index < -0.39 is 17.8 Å². The summed E-state index contributed by atoms with van der Waals surface area (Å²) in [7, 11) is 0. The fraction of sp³-hybridized carbons (Fsp3) is 0.222. The summed E-state index contributed by atoms with van der Waals surface area (Å²) in [4.78, 5) is 18.0. The van der Waals surface area contributed by atoms with Crippen LogP contribution in [0.5, 0.6) is 0 Å². The number of alkyl halides is 3. The van der Waals surface area contributed by atoms with Gasteiger partial charge in [0, 0.05) is 37.3 Å². The highest BCUT2D eigenvalue weighted by atomic mass is 19.4. The second-order valence-corrected chi connectivity index (χ2v) is 6.48. The fourth-order valence-corrected chi connectivity index (χ4v) is 3.64. The zero-order valence-corrected chi connectivity index (χ0v) is 14.4. The summed E-state index contributed by atoms with van der Waals surface area (Å²) in [6.07, 6.45) is 2.59. The van der Waals surface area contributed by atoms with Crippen LogP contribution in [0, 0.1) is 0 Å². The minimum Gasteiger partial charge on any atom is -0.348 e. The highest BCUT2D eigenvalue weighted by molar-refractivity contribution is 5.58. The molecule has 1 aliphatic rings. The largest absolute Gasteiger partial charge is 0.418 e. The molecule has 28 heavy (non-hydrogen) atoms. The Morgan fingerprint density at radius 2 is 1.93 bits per heavy atom. The highest BCUT2D eigenvalue weighted by Crippen LogP contribution is 2.37. The van der Waals surface area contributed by atoms with E-state index >= 15 is 0 Å². The van der Waals surface area contributed by atoms with Gasteiger partial charge in [-0.05, 0) is 24.3 Å². The van der Waals surface area contributed by atoms with Gasteiger partial charge in [-0.25, -0.2) is 19.5 Å². The van der Waals surface area contributed by atoms with Crippen LogP contribution in [0.1, 0.15) is 28.7 Å². The third kappa shape index (κ3) is 2.60. The van der Waals surface area contributed by atoms with Gasteiger partial charge in [0.2, 0.25) is 5.95 Å². The number of nitrogens with one attached hydrogen (secondary N) is 1. The first-order valence-corrected chi connectivity index (χ1v) is 8.63. The lowest BCUT2D eigenvalue weighted by molar-refractivity contribution is -0.136. The molecule has 0 aromatic carbocycles. The van der Waals surface area contributed by atoms with E-state index in [9.17, 15) is 13.2 Å². The van der Waals surface area contributed by atoms with Gasteiger partial charge >= 0.3 is 6.18 Å². The van der Waals surface area contributed by atoms with Crippen LogP contribution < -0.4 is 4.90 Å². The number of aromatic amines is 1. The Kier molecular flexibility index (Phi) is 3.61. The molecule has 1 atom stereocenters. The number of nitrogens with zero attached hydrogens (tertiary/aromatic N) is 6. The third-order valence-electron chi connectivity index (χ3n) is 4.84. The number of fused-ring (bicyclic) bond motifs is 2. The number of aromatic nitrogens is 6. The van der Waals surface area contributed by atoms with Gasteiger partial charge in [-0.1, -0.05) is 0 Å². The van der Waals surface area contributed by atoms with Gasteiger partial charge in [0.05, 0.1) is 28.8 Å². The topological polar surface area (TPSA) is 75.0 Å². The molecule has 142 valence electrons. The molecule has 5 rings (SSSR count). The molecular formula is C18H14F3N7. The van der Waals surface area contributed by atoms with Gasteiger partial charge in [-0.2, -0.15) is 18.3 Å². The molecular weight excluding hydrogens is 371 g/mol. The van der Waals surface area contributed by atoms with Crippen molar-refractivity contribution in [3.63, 3.8) is 0 Å². The summed E-state index contributed by atoms with van der Waals surface area (Å²) in [5.74, 6) is 0.481. The Bertz CT molecular complexity index is 1130. The van der Waals surface area contributed by atoms with Crippen LogP contribution in [0.4, 0.5) is 19.1 Å². The average Bonchev–Trinajstić information content (AvgIpc) is 3.33. The molecule has 0 bridgehead atoms. The van der Waals surface area contributed by atoms with Crippen LogP contribution in [0.2, 0.25) is 0 Å². The van der Waals surface area contributed by atoms with Crippen LogP contribution in [0.25, 0.3) is 5.52 Å². The Hall–Kier alpha value is -3.43. The number of rotatable bonds is 2. The zero-order chi connectivity index (χ0) is 19.3. The van der Waals surface area contributed by atoms with Crippen molar-refractivity contribution < 1.29 is 13.2 Å². The lowest BCUT2D eigenvalue weighted by Crippen LogP contribution is -2.37. The van der Waals surface area contributed by atoms with Gasteiger partial charge in [-0.3, -0.25) is 0 Å². The van der Waals surface area contributed by atoms with Crippen molar-refractivity contribution in [2.24, 2.45) is 0 Å². The van der Waals surface area contributed by atoms with Crippen LogP contribution in [0.15, 0.2) is 49.2 Å². The number of halogens is 3. The Morgan fingerprint density at radius 1 is 1.11 bits per heavy atom. The molecule has 10 heteroatoms. The van der Waals surface area contributed by atoms with Crippen LogP contribution >= 0.6 is 0 Å². The van der Waals surface area contributed by atoms with E-state index in [-0.39, 0.29) is 5.52 Å². The van der Waals surface area contributed by atoms with E-state index in [1.54, 1.807) is 24.8 Å². The van der Waals surface area contributed by atoms with Crippen LogP contribution in [-0.4, -0.2) is 36.1 Å². The maximum absolute atomic E-state index is 13.4. The van der Waals surface area contributed by atoms with Gasteiger partial charge < -0.3 is 9.88 Å². The second kappa shape index (κ2) is 6.04. The van der Waals surface area contributed by atoms with Crippen molar-refractivity contribution in [1.82, 2.24) is 29.5 Å². The maximum Gasteiger partial charge on any atom is 0.418 e. The Labute approximate surface area is 156 Å². The van der Waals surface area contributed by atoms with Crippen LogP contribution in [-0.2, 0) is 12.6 Å². The maximum atomic E-state index is 13.4. The van der Waals surface area contributed by atoms with Crippen molar-refractivity contribution in [3.8, 4) is 0 Å². The first kappa shape index (κ1) is 16.7. The summed E-state index contributed by atoms with van der Waals surface area (Å²) < 4.78 is 41.5. The SMILES string of the molecule is FC(F)(F)c1cccn2nc([C@H]3c4nc[nH]c4CCN3c3ncccn3)cc12. The van der Waals surface area contributed by atoms with E-state index in [0.29, 0.717) is 24.6 Å². The number of pyridine rings is 1. The molecule has 0 saturated carbocycles. The van der Waals surface area contributed by atoms with Crippen molar-refractivity contribution in [2.75, 3.05) is 11.4 Å². The monoisotopic (exact) mass is 385 g/mol. The molecule has 7 nitrogen and oxygen atoms in total. The Balaban J connectivity index is 1.69. The third-order valence-corrected chi connectivity index (χ3v) is 4.84. The Morgan fingerprint density at radius 3 is 2.71 bits per heavy atom. The molecule has 0 unspecified atom stereocenters. The summed E-state index contributed by atoms with van der Waals surface area (Å²) in [6.45, 7) is 0.587. The van der Waals surface area contributed by atoms with E-state index in [0.717, 1.165) is 17.5 Å². The standard InChI is InChI=1S/C18H14F3N7/c19-18(20,21)11-3-1-7-28-14(11)9-13(26-28)16-15-12(24-10-25-15)4-8-27(16)17-22-5-2-6-23-17/h1-3,5-7,9-10,16H,4,8H2,(H,24,25)/t16-/m0/s1. The number of anilines is 1. The van der Waals surface area contributed by atoms with Gasteiger partial charge in [0.1, 0.15) is 6.04 Å². The zero-order valence-electron chi connectivity index (χ0n) is 14.4. The quantitative estimate of drug-likeness (QED) is 0.574. The first-order valence-electron chi connectivity index (χ1n) is 8.63. The molecule has 1 aliphatic heterocycles. The van der Waals surface area contributed by atoms with Crippen molar-refractivity contribution in [1.29, 1.82) is 0 Å². The summed E-state index contributed by atoms with van der Waals surface area (Å²) in [6, 6.07) is 5.08. The van der Waals surface area contributed by atoms with Crippen molar-refractivity contribution in [3.05, 3.63) is 71.8 Å². The van der Waals surface area contributed by atoms with E-state index in [4.69, 9.17) is 0 Å². The average molecular weight is 385 g/mol. The predicted molar refractivity (Wildman–Crippen MR) is 93.7 cm³/mol. The molecule has 5 heterocycles. The first-order chi connectivity index (χ1) is 13.5.